The monoisotopic (exact) mass is 248 g/mol. The highest BCUT2D eigenvalue weighted by Crippen LogP contribution is 2.17. The first kappa shape index (κ1) is 11.9. The number of Topliss-reactive ketones (excluding diaryl/α,β-unsaturated/α-hetero) is 1. The summed E-state index contributed by atoms with van der Waals surface area (Å²) in [4.78, 5) is 11.9. The summed E-state index contributed by atoms with van der Waals surface area (Å²) in [5.74, 6) is 0.885. The van der Waals surface area contributed by atoms with Crippen molar-refractivity contribution < 1.29 is 9.21 Å². The zero-order valence-electron chi connectivity index (χ0n) is 9.64. The van der Waals surface area contributed by atoms with Gasteiger partial charge in [-0.2, -0.15) is 0 Å². The number of thioether (sulfide) groups is 1. The number of benzene rings is 1. The highest BCUT2D eigenvalue weighted by Gasteiger charge is 2.09. The second-order valence-electron chi connectivity index (χ2n) is 3.67. The topological polar surface area (TPSA) is 56.0 Å². The first-order valence-electron chi connectivity index (χ1n) is 5.18. The Morgan fingerprint density at radius 3 is 2.82 bits per heavy atom. The fourth-order valence-electron chi connectivity index (χ4n) is 1.37. The van der Waals surface area contributed by atoms with Crippen LogP contribution in [-0.2, 0) is 0 Å². The van der Waals surface area contributed by atoms with E-state index in [0.717, 1.165) is 5.56 Å². The second kappa shape index (κ2) is 5.14. The number of carbonyl (C=O) groups excluding carboxylic acids is 1. The summed E-state index contributed by atoms with van der Waals surface area (Å²) in [6, 6.07) is 7.53. The van der Waals surface area contributed by atoms with Gasteiger partial charge in [-0.15, -0.1) is 10.2 Å². The summed E-state index contributed by atoms with van der Waals surface area (Å²) in [6.07, 6.45) is 0. The molecule has 1 heterocycles. The van der Waals surface area contributed by atoms with E-state index in [1.807, 2.05) is 31.2 Å². The van der Waals surface area contributed by atoms with Crippen LogP contribution in [0, 0.1) is 13.8 Å². The third-order valence-electron chi connectivity index (χ3n) is 2.17. The normalized spacial score (nSPS) is 10.5. The van der Waals surface area contributed by atoms with E-state index in [1.54, 1.807) is 6.92 Å². The molecule has 5 heteroatoms. The van der Waals surface area contributed by atoms with Crippen molar-refractivity contribution in [2.45, 2.75) is 19.1 Å². The van der Waals surface area contributed by atoms with Gasteiger partial charge in [0, 0.05) is 12.5 Å². The summed E-state index contributed by atoms with van der Waals surface area (Å²) in [5, 5.41) is 7.96. The van der Waals surface area contributed by atoms with Gasteiger partial charge in [0.15, 0.2) is 5.78 Å². The number of aromatic nitrogens is 2. The first-order valence-corrected chi connectivity index (χ1v) is 6.16. The van der Waals surface area contributed by atoms with Crippen LogP contribution in [0.4, 0.5) is 0 Å². The molecular formula is C12H12N2O2S. The van der Waals surface area contributed by atoms with Crippen LogP contribution in [0.25, 0.3) is 0 Å². The molecule has 1 aromatic carbocycles. The standard InChI is InChI=1S/C12H12N2O2S/c1-8-4-3-5-10(6-8)11(15)7-17-12-14-13-9(2)16-12/h3-6H,7H2,1-2H3. The Morgan fingerprint density at radius 1 is 1.35 bits per heavy atom. The van der Waals surface area contributed by atoms with Crippen LogP contribution in [0.5, 0.6) is 0 Å². The van der Waals surface area contributed by atoms with Crippen LogP contribution in [0.3, 0.4) is 0 Å². The molecule has 0 saturated carbocycles. The fourth-order valence-corrected chi connectivity index (χ4v) is 2.07. The predicted molar refractivity (Wildman–Crippen MR) is 65.3 cm³/mol. The number of aryl methyl sites for hydroxylation is 2. The lowest BCUT2D eigenvalue weighted by atomic mass is 10.1. The van der Waals surface area contributed by atoms with E-state index in [2.05, 4.69) is 10.2 Å². The van der Waals surface area contributed by atoms with Crippen LogP contribution in [0.2, 0.25) is 0 Å². The molecule has 0 aliphatic rings. The van der Waals surface area contributed by atoms with Crippen molar-refractivity contribution in [3.8, 4) is 0 Å². The average Bonchev–Trinajstić information content (AvgIpc) is 2.72. The minimum Gasteiger partial charge on any atom is -0.416 e. The second-order valence-corrected chi connectivity index (χ2v) is 4.59. The molecule has 4 nitrogen and oxygen atoms in total. The number of rotatable bonds is 4. The van der Waals surface area contributed by atoms with E-state index in [4.69, 9.17) is 4.42 Å². The maximum atomic E-state index is 11.9. The van der Waals surface area contributed by atoms with Crippen molar-refractivity contribution >= 4 is 17.5 Å². The van der Waals surface area contributed by atoms with Crippen molar-refractivity contribution in [2.75, 3.05) is 5.75 Å². The molecular weight excluding hydrogens is 236 g/mol. The zero-order chi connectivity index (χ0) is 12.3. The summed E-state index contributed by atoms with van der Waals surface area (Å²) in [7, 11) is 0. The minimum absolute atomic E-state index is 0.0644. The maximum Gasteiger partial charge on any atom is 0.277 e. The van der Waals surface area contributed by atoms with Crippen LogP contribution >= 0.6 is 11.8 Å². The number of carbonyl (C=O) groups is 1. The molecule has 0 aliphatic carbocycles. The smallest absolute Gasteiger partial charge is 0.277 e. The highest BCUT2D eigenvalue weighted by atomic mass is 32.2. The molecule has 88 valence electrons. The number of ketones is 1. The summed E-state index contributed by atoms with van der Waals surface area (Å²) < 4.78 is 5.18. The van der Waals surface area contributed by atoms with Crippen LogP contribution < -0.4 is 0 Å². The van der Waals surface area contributed by atoms with Crippen molar-refractivity contribution in [3.05, 3.63) is 41.3 Å². The summed E-state index contributed by atoms with van der Waals surface area (Å²) >= 11 is 1.26. The number of hydrogen-bond acceptors (Lipinski definition) is 5. The summed E-state index contributed by atoms with van der Waals surface area (Å²) in [6.45, 7) is 3.69. The van der Waals surface area contributed by atoms with Crippen molar-refractivity contribution in [1.29, 1.82) is 0 Å². The van der Waals surface area contributed by atoms with Gasteiger partial charge in [-0.1, -0.05) is 35.5 Å². The van der Waals surface area contributed by atoms with E-state index in [9.17, 15) is 4.79 Å². The lowest BCUT2D eigenvalue weighted by Crippen LogP contribution is -2.02. The lowest BCUT2D eigenvalue weighted by molar-refractivity contribution is 0.102. The highest BCUT2D eigenvalue weighted by molar-refractivity contribution is 7.99. The molecule has 0 amide bonds. The van der Waals surface area contributed by atoms with Gasteiger partial charge in [0.05, 0.1) is 5.75 Å². The Bertz CT molecular complexity index is 537. The molecule has 1 aromatic heterocycles. The van der Waals surface area contributed by atoms with Crippen LogP contribution in [0.15, 0.2) is 33.9 Å². The van der Waals surface area contributed by atoms with Crippen LogP contribution in [0.1, 0.15) is 21.8 Å². The Hall–Kier alpha value is -1.62. The SMILES string of the molecule is Cc1cccc(C(=O)CSc2nnc(C)o2)c1. The van der Waals surface area contributed by atoms with Crippen molar-refractivity contribution in [2.24, 2.45) is 0 Å². The average molecular weight is 248 g/mol. The molecule has 17 heavy (non-hydrogen) atoms. The van der Waals surface area contributed by atoms with Gasteiger partial charge in [0.25, 0.3) is 5.22 Å². The molecule has 0 radical (unpaired) electrons. The van der Waals surface area contributed by atoms with Gasteiger partial charge in [-0.05, 0) is 13.0 Å². The van der Waals surface area contributed by atoms with Crippen molar-refractivity contribution in [1.82, 2.24) is 10.2 Å². The van der Waals surface area contributed by atoms with Gasteiger partial charge in [0.2, 0.25) is 5.89 Å². The summed E-state index contributed by atoms with van der Waals surface area (Å²) in [5.41, 5.74) is 1.79. The molecule has 0 aliphatic heterocycles. The Balaban J connectivity index is 1.98. The van der Waals surface area contributed by atoms with E-state index >= 15 is 0 Å². The molecule has 0 spiro atoms. The van der Waals surface area contributed by atoms with E-state index in [1.165, 1.54) is 11.8 Å². The van der Waals surface area contributed by atoms with Gasteiger partial charge < -0.3 is 4.42 Å². The molecule has 0 fully saturated rings. The zero-order valence-corrected chi connectivity index (χ0v) is 10.5. The third-order valence-corrected chi connectivity index (χ3v) is 2.99. The third kappa shape index (κ3) is 3.17. The van der Waals surface area contributed by atoms with Gasteiger partial charge in [-0.25, -0.2) is 0 Å². The fraction of sp³-hybridized carbons (Fsp3) is 0.250. The Morgan fingerprint density at radius 2 is 2.18 bits per heavy atom. The van der Waals surface area contributed by atoms with Gasteiger partial charge >= 0.3 is 0 Å². The maximum absolute atomic E-state index is 11.9. The minimum atomic E-state index is 0.0644. The quantitative estimate of drug-likeness (QED) is 0.615. The lowest BCUT2D eigenvalue weighted by Gasteiger charge is -1.99. The number of nitrogens with zero attached hydrogens (tertiary/aromatic N) is 2. The molecule has 0 N–H and O–H groups in total. The van der Waals surface area contributed by atoms with Crippen molar-refractivity contribution in [3.63, 3.8) is 0 Å². The number of hydrogen-bond donors (Lipinski definition) is 0. The molecule has 0 saturated heterocycles. The van der Waals surface area contributed by atoms with Gasteiger partial charge in [0.1, 0.15) is 0 Å². The Kier molecular flexibility index (Phi) is 3.58. The molecule has 2 rings (SSSR count). The predicted octanol–water partition coefficient (Wildman–Crippen LogP) is 2.66. The molecule has 2 aromatic rings. The first-order chi connectivity index (χ1) is 8.15. The van der Waals surface area contributed by atoms with E-state index < -0.39 is 0 Å². The van der Waals surface area contributed by atoms with Crippen LogP contribution in [-0.4, -0.2) is 21.7 Å². The van der Waals surface area contributed by atoms with E-state index in [0.29, 0.717) is 22.4 Å². The van der Waals surface area contributed by atoms with Gasteiger partial charge in [-0.3, -0.25) is 4.79 Å². The molecule has 0 unspecified atom stereocenters. The Labute approximate surface area is 103 Å². The molecule has 0 atom stereocenters. The molecule has 0 bridgehead atoms. The van der Waals surface area contributed by atoms with E-state index in [-0.39, 0.29) is 5.78 Å². The largest absolute Gasteiger partial charge is 0.416 e.